The molecule has 0 spiro atoms. The number of hydrogen-bond acceptors (Lipinski definition) is 4. The van der Waals surface area contributed by atoms with E-state index in [1.54, 1.807) is 19.3 Å². The van der Waals surface area contributed by atoms with Crippen LogP contribution in [0.3, 0.4) is 0 Å². The Morgan fingerprint density at radius 1 is 1.50 bits per heavy atom. The molecule has 0 saturated heterocycles. The van der Waals surface area contributed by atoms with Gasteiger partial charge in [0.15, 0.2) is 0 Å². The normalized spacial score (nSPS) is 12.8. The fraction of sp³-hybridized carbons (Fsp3) is 0.500. The molecule has 4 heteroatoms. The van der Waals surface area contributed by atoms with Gasteiger partial charge in [-0.1, -0.05) is 0 Å². The van der Waals surface area contributed by atoms with Crippen molar-refractivity contribution in [2.24, 2.45) is 0 Å². The second kappa shape index (κ2) is 4.79. The Morgan fingerprint density at radius 3 is 2.75 bits per heavy atom. The molecule has 4 nitrogen and oxygen atoms in total. The molecule has 1 unspecified atom stereocenters. The molecular weight excluding hydrogens is 154 g/mol. The molecule has 0 aliphatic heterocycles. The summed E-state index contributed by atoms with van der Waals surface area (Å²) in [7, 11) is 0. The highest BCUT2D eigenvalue weighted by Crippen LogP contribution is 1.92. The molecule has 0 aliphatic carbocycles. The number of nitrogens with zero attached hydrogens (tertiary/aromatic N) is 2. The van der Waals surface area contributed by atoms with Crippen LogP contribution in [0.2, 0.25) is 0 Å². The maximum atomic E-state index is 8.89. The first-order valence-electron chi connectivity index (χ1n) is 3.94. The van der Waals surface area contributed by atoms with Crippen LogP contribution in [0.5, 0.6) is 0 Å². The molecule has 0 aromatic carbocycles. The van der Waals surface area contributed by atoms with E-state index in [1.165, 1.54) is 6.33 Å². The van der Waals surface area contributed by atoms with Gasteiger partial charge in [-0.3, -0.25) is 5.32 Å². The van der Waals surface area contributed by atoms with E-state index in [1.807, 2.05) is 0 Å². The zero-order valence-electron chi connectivity index (χ0n) is 7.07. The molecule has 1 atom stereocenters. The van der Waals surface area contributed by atoms with Crippen molar-refractivity contribution in [2.45, 2.75) is 19.6 Å². The predicted octanol–water partition coefficient (Wildman–Crippen LogP) is -0.0530. The van der Waals surface area contributed by atoms with Crippen molar-refractivity contribution >= 4 is 0 Å². The maximum absolute atomic E-state index is 8.89. The zero-order chi connectivity index (χ0) is 8.81. The number of aliphatic hydroxyl groups excluding tert-OH is 1. The van der Waals surface area contributed by atoms with E-state index in [9.17, 15) is 0 Å². The molecule has 0 radical (unpaired) electrons. The average molecular weight is 167 g/mol. The minimum absolute atomic E-state index is 0.449. The van der Waals surface area contributed by atoms with Gasteiger partial charge < -0.3 is 5.11 Å². The fourth-order valence-corrected chi connectivity index (χ4v) is 0.884. The summed E-state index contributed by atoms with van der Waals surface area (Å²) in [6.45, 7) is 2.44. The third kappa shape index (κ3) is 3.41. The van der Waals surface area contributed by atoms with Gasteiger partial charge in [0.1, 0.15) is 12.6 Å². The zero-order valence-corrected chi connectivity index (χ0v) is 7.07. The topological polar surface area (TPSA) is 58.0 Å². The van der Waals surface area contributed by atoms with Crippen LogP contribution in [0.25, 0.3) is 0 Å². The van der Waals surface area contributed by atoms with Crippen LogP contribution in [-0.2, 0) is 6.42 Å². The molecule has 0 amide bonds. The third-order valence-corrected chi connectivity index (χ3v) is 1.47. The average Bonchev–Trinajstić information content (AvgIpc) is 2.05. The lowest BCUT2D eigenvalue weighted by atomic mass is 10.2. The molecule has 1 heterocycles. The highest BCUT2D eigenvalue weighted by atomic mass is 16.3. The van der Waals surface area contributed by atoms with Crippen molar-refractivity contribution in [3.8, 4) is 0 Å². The Labute approximate surface area is 71.7 Å². The van der Waals surface area contributed by atoms with Crippen molar-refractivity contribution in [1.29, 1.82) is 0 Å². The summed E-state index contributed by atoms with van der Waals surface area (Å²) in [4.78, 5) is 7.76. The summed E-state index contributed by atoms with van der Waals surface area (Å²) < 4.78 is 0. The highest BCUT2D eigenvalue weighted by Gasteiger charge is 1.94. The Balaban J connectivity index is 2.25. The number of hydrogen-bond donors (Lipinski definition) is 2. The van der Waals surface area contributed by atoms with E-state index < -0.39 is 6.23 Å². The lowest BCUT2D eigenvalue weighted by molar-refractivity contribution is 0.157. The molecule has 66 valence electrons. The fourth-order valence-electron chi connectivity index (χ4n) is 0.884. The van der Waals surface area contributed by atoms with Gasteiger partial charge in [0, 0.05) is 18.9 Å². The largest absolute Gasteiger partial charge is 0.379 e. The molecule has 1 aromatic rings. The van der Waals surface area contributed by atoms with E-state index in [-0.39, 0.29) is 0 Å². The monoisotopic (exact) mass is 167 g/mol. The van der Waals surface area contributed by atoms with Gasteiger partial charge in [-0.25, -0.2) is 9.97 Å². The van der Waals surface area contributed by atoms with Gasteiger partial charge in [-0.05, 0) is 18.9 Å². The van der Waals surface area contributed by atoms with Crippen molar-refractivity contribution in [2.75, 3.05) is 6.54 Å². The molecule has 1 aromatic heterocycles. The van der Waals surface area contributed by atoms with Crippen LogP contribution in [0.15, 0.2) is 18.7 Å². The first-order chi connectivity index (χ1) is 5.79. The van der Waals surface area contributed by atoms with Gasteiger partial charge in [-0.15, -0.1) is 0 Å². The Bertz CT molecular complexity index is 213. The number of aliphatic hydroxyl groups is 1. The van der Waals surface area contributed by atoms with Crippen LogP contribution in [0.1, 0.15) is 12.5 Å². The number of aromatic nitrogens is 2. The standard InChI is InChI=1S/C8H13N3O/c1-7(12)11-3-2-8-4-9-6-10-5-8/h4-7,11-12H,2-3H2,1H3. The predicted molar refractivity (Wildman–Crippen MR) is 45.4 cm³/mol. The summed E-state index contributed by atoms with van der Waals surface area (Å²) in [5.74, 6) is 0. The van der Waals surface area contributed by atoms with E-state index in [2.05, 4.69) is 15.3 Å². The summed E-state index contributed by atoms with van der Waals surface area (Å²) >= 11 is 0. The molecule has 0 aliphatic rings. The van der Waals surface area contributed by atoms with Crippen LogP contribution in [0.4, 0.5) is 0 Å². The minimum atomic E-state index is -0.449. The van der Waals surface area contributed by atoms with E-state index in [4.69, 9.17) is 5.11 Å². The van der Waals surface area contributed by atoms with Gasteiger partial charge >= 0.3 is 0 Å². The van der Waals surface area contributed by atoms with Crippen LogP contribution in [0, 0.1) is 0 Å². The third-order valence-electron chi connectivity index (χ3n) is 1.47. The molecule has 1 rings (SSSR count). The van der Waals surface area contributed by atoms with Crippen molar-refractivity contribution < 1.29 is 5.11 Å². The molecular formula is C8H13N3O. The second-order valence-corrected chi connectivity index (χ2v) is 2.63. The Kier molecular flexibility index (Phi) is 3.63. The van der Waals surface area contributed by atoms with Crippen LogP contribution >= 0.6 is 0 Å². The second-order valence-electron chi connectivity index (χ2n) is 2.63. The van der Waals surface area contributed by atoms with Crippen molar-refractivity contribution in [3.63, 3.8) is 0 Å². The summed E-state index contributed by atoms with van der Waals surface area (Å²) in [6.07, 6.45) is 5.44. The molecule has 0 saturated carbocycles. The summed E-state index contributed by atoms with van der Waals surface area (Å²) in [6, 6.07) is 0. The number of nitrogens with one attached hydrogen (secondary N) is 1. The lowest BCUT2D eigenvalue weighted by Gasteiger charge is -2.05. The first kappa shape index (κ1) is 9.09. The van der Waals surface area contributed by atoms with Gasteiger partial charge in [0.05, 0.1) is 0 Å². The molecule has 2 N–H and O–H groups in total. The maximum Gasteiger partial charge on any atom is 0.115 e. The summed E-state index contributed by atoms with van der Waals surface area (Å²) in [5.41, 5.74) is 1.07. The lowest BCUT2D eigenvalue weighted by Crippen LogP contribution is -2.27. The molecule has 0 bridgehead atoms. The van der Waals surface area contributed by atoms with Gasteiger partial charge in [-0.2, -0.15) is 0 Å². The van der Waals surface area contributed by atoms with E-state index in [0.717, 1.165) is 18.5 Å². The molecule has 0 fully saturated rings. The van der Waals surface area contributed by atoms with E-state index >= 15 is 0 Å². The minimum Gasteiger partial charge on any atom is -0.379 e. The highest BCUT2D eigenvalue weighted by molar-refractivity contribution is 5.02. The summed E-state index contributed by atoms with van der Waals surface area (Å²) in [5, 5.41) is 11.8. The van der Waals surface area contributed by atoms with Gasteiger partial charge in [0.2, 0.25) is 0 Å². The van der Waals surface area contributed by atoms with Crippen LogP contribution < -0.4 is 5.32 Å². The quantitative estimate of drug-likeness (QED) is 0.617. The SMILES string of the molecule is CC(O)NCCc1cncnc1. The van der Waals surface area contributed by atoms with Crippen molar-refractivity contribution in [1.82, 2.24) is 15.3 Å². The Morgan fingerprint density at radius 2 is 2.17 bits per heavy atom. The number of rotatable bonds is 4. The Hall–Kier alpha value is -1.00. The first-order valence-corrected chi connectivity index (χ1v) is 3.94. The van der Waals surface area contributed by atoms with Crippen LogP contribution in [-0.4, -0.2) is 27.8 Å². The van der Waals surface area contributed by atoms with E-state index in [0.29, 0.717) is 0 Å². The molecule has 12 heavy (non-hydrogen) atoms. The van der Waals surface area contributed by atoms with Gasteiger partial charge in [0.25, 0.3) is 0 Å². The smallest absolute Gasteiger partial charge is 0.115 e. The van der Waals surface area contributed by atoms with Crippen molar-refractivity contribution in [3.05, 3.63) is 24.3 Å².